The summed E-state index contributed by atoms with van der Waals surface area (Å²) in [6.07, 6.45) is 4.25. The summed E-state index contributed by atoms with van der Waals surface area (Å²) < 4.78 is 10.2. The van der Waals surface area contributed by atoms with Gasteiger partial charge in [-0.1, -0.05) is 45.0 Å². The van der Waals surface area contributed by atoms with Crippen LogP contribution >= 0.6 is 11.3 Å². The van der Waals surface area contributed by atoms with Gasteiger partial charge in [-0.3, -0.25) is 9.59 Å². The quantitative estimate of drug-likeness (QED) is 0.239. The van der Waals surface area contributed by atoms with Crippen molar-refractivity contribution in [2.75, 3.05) is 46.6 Å². The Kier molecular flexibility index (Phi) is 17.9. The van der Waals surface area contributed by atoms with E-state index in [1.165, 1.54) is 29.8 Å². The van der Waals surface area contributed by atoms with Crippen LogP contribution in [0.5, 0.6) is 0 Å². The molecule has 3 rings (SSSR count). The third-order valence-corrected chi connectivity index (χ3v) is 7.47. The SMILES string of the molecule is CC(C)(C)C(C=O)NC(=O)COCCOCCN.CC1CCCN1C.Cc1ncsc1-c1ccc(CNC=O)cc1. The molecule has 2 atom stereocenters. The Bertz CT molecular complexity index is 1000. The number of nitrogens with two attached hydrogens (primary N) is 1. The first kappa shape index (κ1) is 36.3. The van der Waals surface area contributed by atoms with Crippen molar-refractivity contribution >= 4 is 29.9 Å². The number of thiazole rings is 1. The number of amides is 2. The molecule has 0 radical (unpaired) electrons. The third-order valence-electron chi connectivity index (χ3n) is 6.49. The number of likely N-dealkylation sites (tertiary alicyclic amines) is 1. The van der Waals surface area contributed by atoms with Crippen LogP contribution in [0.25, 0.3) is 10.4 Å². The van der Waals surface area contributed by atoms with Crippen LogP contribution in [-0.2, 0) is 30.4 Å². The lowest BCUT2D eigenvalue weighted by atomic mass is 9.88. The molecular formula is C30H49N5O5S. The van der Waals surface area contributed by atoms with Gasteiger partial charge in [-0.2, -0.15) is 0 Å². The van der Waals surface area contributed by atoms with Crippen molar-refractivity contribution in [1.29, 1.82) is 0 Å². The van der Waals surface area contributed by atoms with Crippen molar-refractivity contribution in [3.63, 3.8) is 0 Å². The maximum Gasteiger partial charge on any atom is 0.246 e. The zero-order valence-corrected chi connectivity index (χ0v) is 26.3. The van der Waals surface area contributed by atoms with Gasteiger partial charge >= 0.3 is 0 Å². The van der Waals surface area contributed by atoms with Gasteiger partial charge in [-0.15, -0.1) is 11.3 Å². The minimum atomic E-state index is -0.512. The molecule has 4 N–H and O–H groups in total. The largest absolute Gasteiger partial charge is 0.378 e. The van der Waals surface area contributed by atoms with Crippen LogP contribution in [0.15, 0.2) is 29.8 Å². The van der Waals surface area contributed by atoms with Crippen LogP contribution in [-0.4, -0.2) is 87.1 Å². The van der Waals surface area contributed by atoms with E-state index in [1.807, 2.05) is 45.3 Å². The summed E-state index contributed by atoms with van der Waals surface area (Å²) in [5.41, 5.74) is 10.1. The number of rotatable bonds is 13. The van der Waals surface area contributed by atoms with E-state index in [0.29, 0.717) is 39.3 Å². The van der Waals surface area contributed by atoms with Crippen LogP contribution in [0.3, 0.4) is 0 Å². The Morgan fingerprint density at radius 3 is 2.34 bits per heavy atom. The zero-order chi connectivity index (χ0) is 30.7. The number of aromatic nitrogens is 1. The number of benzene rings is 1. The molecule has 1 aromatic heterocycles. The number of hydrogen-bond acceptors (Lipinski definition) is 9. The molecule has 230 valence electrons. The lowest BCUT2D eigenvalue weighted by molar-refractivity contribution is -0.129. The Morgan fingerprint density at radius 1 is 1.20 bits per heavy atom. The first-order valence-corrected chi connectivity index (χ1v) is 14.9. The molecule has 2 heterocycles. The summed E-state index contributed by atoms with van der Waals surface area (Å²) in [6.45, 7) is 13.4. The van der Waals surface area contributed by atoms with E-state index in [2.05, 4.69) is 46.6 Å². The highest BCUT2D eigenvalue weighted by Gasteiger charge is 2.25. The van der Waals surface area contributed by atoms with E-state index in [9.17, 15) is 14.4 Å². The third kappa shape index (κ3) is 15.2. The van der Waals surface area contributed by atoms with Gasteiger partial charge in [-0.05, 0) is 56.8 Å². The topological polar surface area (TPSA) is 136 Å². The first-order valence-electron chi connectivity index (χ1n) is 14.0. The van der Waals surface area contributed by atoms with E-state index < -0.39 is 6.04 Å². The summed E-state index contributed by atoms with van der Waals surface area (Å²) in [6, 6.07) is 8.49. The van der Waals surface area contributed by atoms with E-state index >= 15 is 0 Å². The number of aryl methyl sites for hydroxylation is 1. The van der Waals surface area contributed by atoms with E-state index in [-0.39, 0.29) is 17.9 Å². The number of nitrogens with one attached hydrogen (secondary N) is 2. The number of carbonyl (C=O) groups excluding carboxylic acids is 3. The lowest BCUT2D eigenvalue weighted by Crippen LogP contribution is -2.46. The average Bonchev–Trinajstić information content (AvgIpc) is 3.55. The Morgan fingerprint density at radius 2 is 1.88 bits per heavy atom. The zero-order valence-electron chi connectivity index (χ0n) is 25.5. The average molecular weight is 592 g/mol. The Balaban J connectivity index is 0.000000333. The molecule has 0 saturated carbocycles. The summed E-state index contributed by atoms with van der Waals surface area (Å²) in [5, 5.41) is 5.26. The normalized spacial score (nSPS) is 15.5. The lowest BCUT2D eigenvalue weighted by Gasteiger charge is -2.26. The fourth-order valence-electron chi connectivity index (χ4n) is 3.73. The van der Waals surface area contributed by atoms with Gasteiger partial charge < -0.3 is 35.5 Å². The second kappa shape index (κ2) is 20.2. The monoisotopic (exact) mass is 591 g/mol. The van der Waals surface area contributed by atoms with E-state index in [4.69, 9.17) is 15.2 Å². The van der Waals surface area contributed by atoms with Crippen LogP contribution in [0, 0.1) is 12.3 Å². The molecule has 11 heteroatoms. The van der Waals surface area contributed by atoms with Gasteiger partial charge in [0, 0.05) is 19.1 Å². The fourth-order valence-corrected chi connectivity index (χ4v) is 4.54. The predicted octanol–water partition coefficient (Wildman–Crippen LogP) is 3.17. The number of nitrogens with zero attached hydrogens (tertiary/aromatic N) is 2. The molecule has 0 aliphatic carbocycles. The molecule has 1 fully saturated rings. The summed E-state index contributed by atoms with van der Waals surface area (Å²) in [4.78, 5) is 40.3. The highest BCUT2D eigenvalue weighted by atomic mass is 32.1. The molecule has 0 spiro atoms. The molecule has 1 aliphatic rings. The van der Waals surface area contributed by atoms with Gasteiger partial charge in [0.2, 0.25) is 12.3 Å². The number of ether oxygens (including phenoxy) is 2. The van der Waals surface area contributed by atoms with E-state index in [1.54, 1.807) is 11.3 Å². The standard InChI is InChI=1S/C12H24N2O4.C12H12N2OS.C6H13N/c1-12(2,3)10(8-15)14-11(16)9-18-7-6-17-5-4-13;1-9-12(16-8-14-9)11-4-2-10(3-5-11)6-13-7-15;1-6-4-3-5-7(6)2/h8,10H,4-7,9,13H2,1-3H3,(H,14,16);2-5,7-8H,6H2,1H3,(H,13,15);6H,3-5H2,1-2H3. The minimum Gasteiger partial charge on any atom is -0.378 e. The van der Waals surface area contributed by atoms with Gasteiger partial charge in [0.25, 0.3) is 0 Å². The molecule has 2 unspecified atom stereocenters. The molecule has 41 heavy (non-hydrogen) atoms. The van der Waals surface area contributed by atoms with Crippen LogP contribution < -0.4 is 16.4 Å². The van der Waals surface area contributed by atoms with Crippen molar-refractivity contribution < 1.29 is 23.9 Å². The highest BCUT2D eigenvalue weighted by Crippen LogP contribution is 2.27. The molecule has 10 nitrogen and oxygen atoms in total. The number of carbonyl (C=O) groups is 3. The first-order chi connectivity index (χ1) is 19.5. The van der Waals surface area contributed by atoms with Crippen molar-refractivity contribution in [3.8, 4) is 10.4 Å². The maximum absolute atomic E-state index is 11.5. The number of hydrogen-bond donors (Lipinski definition) is 3. The molecule has 1 saturated heterocycles. The van der Waals surface area contributed by atoms with Crippen LogP contribution in [0.4, 0.5) is 0 Å². The molecule has 2 amide bonds. The molecular weight excluding hydrogens is 542 g/mol. The van der Waals surface area contributed by atoms with Gasteiger partial charge in [0.05, 0.1) is 41.9 Å². The van der Waals surface area contributed by atoms with Crippen molar-refractivity contribution in [2.45, 2.75) is 66.1 Å². The smallest absolute Gasteiger partial charge is 0.246 e. The number of aldehydes is 1. The minimum absolute atomic E-state index is 0.0770. The van der Waals surface area contributed by atoms with Crippen LogP contribution in [0.2, 0.25) is 0 Å². The summed E-state index contributed by atoms with van der Waals surface area (Å²) >= 11 is 1.64. The predicted molar refractivity (Wildman–Crippen MR) is 165 cm³/mol. The second-order valence-electron chi connectivity index (χ2n) is 10.9. The van der Waals surface area contributed by atoms with Crippen LogP contribution in [0.1, 0.15) is 51.8 Å². The summed E-state index contributed by atoms with van der Waals surface area (Å²) in [5.74, 6) is -0.305. The van der Waals surface area contributed by atoms with Gasteiger partial charge in [-0.25, -0.2) is 4.98 Å². The maximum atomic E-state index is 11.5. The Hall–Kier alpha value is -2.70. The Labute approximate surface area is 249 Å². The molecule has 1 aromatic carbocycles. The summed E-state index contributed by atoms with van der Waals surface area (Å²) in [7, 11) is 2.19. The van der Waals surface area contributed by atoms with Gasteiger partial charge in [0.1, 0.15) is 12.9 Å². The molecule has 0 bridgehead atoms. The van der Waals surface area contributed by atoms with Gasteiger partial charge in [0.15, 0.2) is 0 Å². The fraction of sp³-hybridized carbons (Fsp3) is 0.600. The second-order valence-corrected chi connectivity index (χ2v) is 11.8. The molecule has 1 aliphatic heterocycles. The molecule has 2 aromatic rings. The van der Waals surface area contributed by atoms with Crippen molar-refractivity contribution in [3.05, 3.63) is 41.0 Å². The van der Waals surface area contributed by atoms with Crippen molar-refractivity contribution in [1.82, 2.24) is 20.5 Å². The van der Waals surface area contributed by atoms with E-state index in [0.717, 1.165) is 23.6 Å². The highest BCUT2D eigenvalue weighted by molar-refractivity contribution is 7.13. The van der Waals surface area contributed by atoms with Crippen molar-refractivity contribution in [2.24, 2.45) is 11.1 Å².